The lowest BCUT2D eigenvalue weighted by molar-refractivity contribution is 0.660. The summed E-state index contributed by atoms with van der Waals surface area (Å²) in [7, 11) is 0. The van der Waals surface area contributed by atoms with Crippen LogP contribution in [-0.4, -0.2) is 0 Å². The van der Waals surface area contributed by atoms with Crippen molar-refractivity contribution < 1.29 is 4.42 Å². The van der Waals surface area contributed by atoms with E-state index in [2.05, 4.69) is 219 Å². The van der Waals surface area contributed by atoms with E-state index in [-0.39, 0.29) is 5.41 Å². The van der Waals surface area contributed by atoms with Gasteiger partial charge < -0.3 is 9.32 Å². The van der Waals surface area contributed by atoms with Crippen LogP contribution in [0, 0.1) is 0 Å². The van der Waals surface area contributed by atoms with Crippen molar-refractivity contribution in [2.75, 3.05) is 4.90 Å². The normalized spacial score (nSPS) is 13.2. The van der Waals surface area contributed by atoms with E-state index in [1.54, 1.807) is 0 Å². The summed E-state index contributed by atoms with van der Waals surface area (Å²) in [6.07, 6.45) is 0. The number of benzene rings is 11. The fourth-order valence-electron chi connectivity index (χ4n) is 10.7. The molecule has 1 aliphatic carbocycles. The topological polar surface area (TPSA) is 16.4 Å². The lowest BCUT2D eigenvalue weighted by atomic mass is 9.82. The number of furan rings is 1. The van der Waals surface area contributed by atoms with Crippen LogP contribution in [0.3, 0.4) is 0 Å². The summed E-state index contributed by atoms with van der Waals surface area (Å²) >= 11 is 0. The van der Waals surface area contributed by atoms with Gasteiger partial charge in [-0.05, 0) is 125 Å². The van der Waals surface area contributed by atoms with Crippen molar-refractivity contribution in [3.63, 3.8) is 0 Å². The van der Waals surface area contributed by atoms with Crippen molar-refractivity contribution in [1.29, 1.82) is 0 Å². The molecule has 0 aliphatic heterocycles. The van der Waals surface area contributed by atoms with E-state index >= 15 is 0 Å². The van der Waals surface area contributed by atoms with Crippen LogP contribution in [0.5, 0.6) is 0 Å². The summed E-state index contributed by atoms with van der Waals surface area (Å²) in [5.74, 6) is 0. The number of nitrogens with zero attached hydrogens (tertiary/aromatic N) is 1. The highest BCUT2D eigenvalue weighted by Gasteiger charge is 2.36. The minimum Gasteiger partial charge on any atom is -0.455 e. The number of hydrogen-bond acceptors (Lipinski definition) is 2. The summed E-state index contributed by atoms with van der Waals surface area (Å²) in [6, 6.07) is 73.7. The van der Waals surface area contributed by atoms with Gasteiger partial charge in [0.2, 0.25) is 0 Å². The molecule has 0 bridgehead atoms. The van der Waals surface area contributed by atoms with Crippen LogP contribution in [0.15, 0.2) is 205 Å². The molecule has 286 valence electrons. The third-order valence-corrected chi connectivity index (χ3v) is 13.6. The average molecular weight is 778 g/mol. The molecule has 2 heteroatoms. The average Bonchev–Trinajstić information content (AvgIpc) is 3.78. The van der Waals surface area contributed by atoms with Crippen molar-refractivity contribution >= 4 is 92.9 Å². The van der Waals surface area contributed by atoms with Crippen LogP contribution in [-0.2, 0) is 5.41 Å². The third kappa shape index (κ3) is 4.91. The van der Waals surface area contributed by atoms with Crippen molar-refractivity contribution in [2.24, 2.45) is 0 Å². The number of hydrogen-bond donors (Lipinski definition) is 0. The molecule has 0 spiro atoms. The largest absolute Gasteiger partial charge is 0.455 e. The molecular formula is C59H39NO. The lowest BCUT2D eigenvalue weighted by Gasteiger charge is -2.29. The quantitative estimate of drug-likeness (QED) is 0.166. The molecule has 1 heterocycles. The standard InChI is InChI=1S/C59H39NO/c1-59(2)53-24-12-11-23-48(53)49-30-27-40(35-54(49)59)60(55-25-13-16-36-14-3-5-17-41(36)55)39-28-31-56-51(34-39)52-32-37-15-4-6-18-42(37)57(58(52)61-56)38-26-29-47-45-21-8-7-19-43(45)44-20-9-10-22-46(44)50(47)33-38/h3-35H,1-2H3. The van der Waals surface area contributed by atoms with Gasteiger partial charge in [0.05, 0.1) is 5.69 Å². The molecule has 1 aromatic heterocycles. The summed E-state index contributed by atoms with van der Waals surface area (Å²) in [4.78, 5) is 2.45. The molecule has 2 nitrogen and oxygen atoms in total. The van der Waals surface area contributed by atoms with Crippen LogP contribution in [0.2, 0.25) is 0 Å². The Morgan fingerprint density at radius 1 is 0.377 bits per heavy atom. The van der Waals surface area contributed by atoms with E-state index in [0.717, 1.165) is 50.1 Å². The van der Waals surface area contributed by atoms with Gasteiger partial charge in [0.15, 0.2) is 0 Å². The Labute approximate surface area is 353 Å². The van der Waals surface area contributed by atoms with Gasteiger partial charge in [0.25, 0.3) is 0 Å². The molecule has 0 amide bonds. The minimum absolute atomic E-state index is 0.128. The Balaban J connectivity index is 1.06. The maximum atomic E-state index is 7.04. The van der Waals surface area contributed by atoms with E-state index in [9.17, 15) is 0 Å². The first kappa shape index (κ1) is 34.2. The van der Waals surface area contributed by atoms with Crippen LogP contribution < -0.4 is 4.90 Å². The van der Waals surface area contributed by atoms with Gasteiger partial charge in [-0.25, -0.2) is 0 Å². The fraction of sp³-hybridized carbons (Fsp3) is 0.0508. The molecule has 0 N–H and O–H groups in total. The highest BCUT2D eigenvalue weighted by Crippen LogP contribution is 2.52. The molecule has 12 aromatic rings. The molecule has 0 fully saturated rings. The molecule has 13 rings (SSSR count). The van der Waals surface area contributed by atoms with E-state index < -0.39 is 0 Å². The summed E-state index contributed by atoms with van der Waals surface area (Å²) < 4.78 is 7.04. The summed E-state index contributed by atoms with van der Waals surface area (Å²) in [6.45, 7) is 4.71. The van der Waals surface area contributed by atoms with E-state index in [0.29, 0.717) is 0 Å². The van der Waals surface area contributed by atoms with Gasteiger partial charge in [0.1, 0.15) is 11.2 Å². The predicted octanol–water partition coefficient (Wildman–Crippen LogP) is 16.8. The predicted molar refractivity (Wildman–Crippen MR) is 259 cm³/mol. The van der Waals surface area contributed by atoms with E-state index in [4.69, 9.17) is 4.42 Å². The number of fused-ring (bicyclic) bond motifs is 14. The molecule has 1 aliphatic rings. The highest BCUT2D eigenvalue weighted by atomic mass is 16.3. The van der Waals surface area contributed by atoms with Gasteiger partial charge in [0, 0.05) is 38.5 Å². The Morgan fingerprint density at radius 2 is 0.967 bits per heavy atom. The van der Waals surface area contributed by atoms with E-state index in [1.807, 2.05) is 0 Å². The Morgan fingerprint density at radius 3 is 1.75 bits per heavy atom. The second-order valence-corrected chi connectivity index (χ2v) is 17.2. The molecule has 0 radical (unpaired) electrons. The van der Waals surface area contributed by atoms with Crippen LogP contribution in [0.25, 0.3) is 98.1 Å². The maximum Gasteiger partial charge on any atom is 0.143 e. The fourth-order valence-corrected chi connectivity index (χ4v) is 10.7. The second-order valence-electron chi connectivity index (χ2n) is 17.2. The molecule has 61 heavy (non-hydrogen) atoms. The second kappa shape index (κ2) is 12.7. The summed E-state index contributed by atoms with van der Waals surface area (Å²) in [5, 5.41) is 14.6. The van der Waals surface area contributed by atoms with E-state index in [1.165, 1.54) is 76.1 Å². The monoisotopic (exact) mass is 777 g/mol. The van der Waals surface area contributed by atoms with Gasteiger partial charge in [-0.15, -0.1) is 0 Å². The first-order valence-electron chi connectivity index (χ1n) is 21.3. The highest BCUT2D eigenvalue weighted by molar-refractivity contribution is 6.27. The molecular weight excluding hydrogens is 739 g/mol. The van der Waals surface area contributed by atoms with Gasteiger partial charge in [-0.1, -0.05) is 166 Å². The SMILES string of the molecule is CC1(C)c2ccccc2-c2ccc(N(c3ccc4oc5c(-c6ccc7c8ccccc8c8ccccc8c7c6)c6ccccc6cc5c4c3)c3cccc4ccccc34)cc21. The first-order chi connectivity index (χ1) is 30.0. The molecule has 0 saturated carbocycles. The molecule has 0 saturated heterocycles. The maximum absolute atomic E-state index is 7.04. The molecule has 0 atom stereocenters. The van der Waals surface area contributed by atoms with Gasteiger partial charge in [-0.2, -0.15) is 0 Å². The number of rotatable bonds is 4. The van der Waals surface area contributed by atoms with Crippen LogP contribution in [0.1, 0.15) is 25.0 Å². The van der Waals surface area contributed by atoms with Crippen molar-refractivity contribution in [2.45, 2.75) is 19.3 Å². The van der Waals surface area contributed by atoms with Gasteiger partial charge >= 0.3 is 0 Å². The smallest absolute Gasteiger partial charge is 0.143 e. The first-order valence-corrected chi connectivity index (χ1v) is 21.3. The zero-order valence-corrected chi connectivity index (χ0v) is 33.9. The van der Waals surface area contributed by atoms with Crippen LogP contribution in [0.4, 0.5) is 17.1 Å². The Hall–Kier alpha value is -7.68. The van der Waals surface area contributed by atoms with Crippen molar-refractivity contribution in [3.8, 4) is 22.3 Å². The zero-order valence-electron chi connectivity index (χ0n) is 33.9. The number of anilines is 3. The van der Waals surface area contributed by atoms with Crippen molar-refractivity contribution in [3.05, 3.63) is 211 Å². The zero-order chi connectivity index (χ0) is 40.4. The minimum atomic E-state index is -0.128. The lowest BCUT2D eigenvalue weighted by Crippen LogP contribution is -2.16. The van der Waals surface area contributed by atoms with Crippen molar-refractivity contribution in [1.82, 2.24) is 0 Å². The Bertz CT molecular complexity index is 3770. The molecule has 11 aromatic carbocycles. The third-order valence-electron chi connectivity index (χ3n) is 13.6. The molecule has 0 unspecified atom stereocenters. The Kier molecular flexibility index (Phi) is 7.10. The van der Waals surface area contributed by atoms with Gasteiger partial charge in [-0.3, -0.25) is 0 Å². The van der Waals surface area contributed by atoms with Crippen LogP contribution >= 0.6 is 0 Å². The summed E-state index contributed by atoms with van der Waals surface area (Å²) in [5.41, 5.74) is 12.6.